The zero-order valence-corrected chi connectivity index (χ0v) is 10.3. The number of anilines is 1. The van der Waals surface area contributed by atoms with E-state index in [2.05, 4.69) is 40.2 Å². The molecular formula is C13H20N4. The van der Waals surface area contributed by atoms with Crippen LogP contribution in [0.25, 0.3) is 0 Å². The molecule has 0 spiro atoms. The van der Waals surface area contributed by atoms with Crippen molar-refractivity contribution in [2.45, 2.75) is 26.3 Å². The maximum atomic E-state index is 5.53. The van der Waals surface area contributed by atoms with Crippen LogP contribution in [-0.2, 0) is 6.54 Å². The molecule has 92 valence electrons. The fraction of sp³-hybridized carbons (Fsp3) is 0.462. The Morgan fingerprint density at radius 1 is 1.35 bits per heavy atom. The van der Waals surface area contributed by atoms with E-state index >= 15 is 0 Å². The molecule has 1 aliphatic heterocycles. The average Bonchev–Trinajstić information content (AvgIpc) is 2.85. The highest BCUT2D eigenvalue weighted by atomic mass is 15.3. The van der Waals surface area contributed by atoms with Crippen molar-refractivity contribution in [3.05, 3.63) is 36.4 Å². The van der Waals surface area contributed by atoms with Crippen LogP contribution in [0.15, 0.2) is 30.7 Å². The largest absolute Gasteiger partial charge is 0.358 e. The fourth-order valence-corrected chi connectivity index (χ4v) is 1.85. The smallest absolute Gasteiger partial charge is 0.0942 e. The second-order valence-electron chi connectivity index (χ2n) is 4.29. The molecule has 0 aromatic carbocycles. The lowest BCUT2D eigenvalue weighted by atomic mass is 10.3. The fourth-order valence-electron chi connectivity index (χ4n) is 1.85. The minimum Gasteiger partial charge on any atom is -0.358 e. The maximum Gasteiger partial charge on any atom is 0.0942 e. The molecule has 2 N–H and O–H groups in total. The summed E-state index contributed by atoms with van der Waals surface area (Å²) < 4.78 is 0. The lowest BCUT2D eigenvalue weighted by Crippen LogP contribution is -2.25. The normalized spacial score (nSPS) is 14.7. The number of hydrogen-bond donors (Lipinski definition) is 1. The van der Waals surface area contributed by atoms with Gasteiger partial charge in [-0.15, -0.1) is 0 Å². The molecule has 0 amide bonds. The molecule has 2 heterocycles. The van der Waals surface area contributed by atoms with Crippen LogP contribution in [-0.4, -0.2) is 23.1 Å². The predicted octanol–water partition coefficient (Wildman–Crippen LogP) is 1.89. The van der Waals surface area contributed by atoms with Gasteiger partial charge < -0.3 is 15.5 Å². The first-order chi connectivity index (χ1) is 8.33. The second-order valence-corrected chi connectivity index (χ2v) is 4.29. The third-order valence-corrected chi connectivity index (χ3v) is 2.94. The summed E-state index contributed by atoms with van der Waals surface area (Å²) in [6.07, 6.45) is 8.61. The highest BCUT2D eigenvalue weighted by Gasteiger charge is 2.13. The third-order valence-electron chi connectivity index (χ3n) is 2.94. The van der Waals surface area contributed by atoms with E-state index in [9.17, 15) is 0 Å². The molecule has 0 atom stereocenters. The van der Waals surface area contributed by atoms with Crippen LogP contribution in [0.4, 0.5) is 5.69 Å². The van der Waals surface area contributed by atoms with E-state index in [4.69, 9.17) is 5.73 Å². The number of hydrogen-bond acceptors (Lipinski definition) is 4. The van der Waals surface area contributed by atoms with Crippen LogP contribution >= 0.6 is 0 Å². The number of aromatic nitrogens is 1. The van der Waals surface area contributed by atoms with Crippen LogP contribution in [0.5, 0.6) is 0 Å². The molecule has 0 saturated heterocycles. The third kappa shape index (κ3) is 2.97. The number of nitrogens with zero attached hydrogens (tertiary/aromatic N) is 3. The second kappa shape index (κ2) is 5.68. The Kier molecular flexibility index (Phi) is 3.98. The van der Waals surface area contributed by atoms with Crippen LogP contribution in [0.3, 0.4) is 0 Å². The van der Waals surface area contributed by atoms with Gasteiger partial charge in [-0.2, -0.15) is 0 Å². The van der Waals surface area contributed by atoms with E-state index in [1.165, 1.54) is 12.8 Å². The van der Waals surface area contributed by atoms with Gasteiger partial charge in [-0.3, -0.25) is 4.98 Å². The van der Waals surface area contributed by atoms with Crippen LogP contribution in [0, 0.1) is 0 Å². The van der Waals surface area contributed by atoms with E-state index < -0.39 is 0 Å². The van der Waals surface area contributed by atoms with Gasteiger partial charge in [-0.1, -0.05) is 13.3 Å². The molecule has 2 rings (SSSR count). The average molecular weight is 232 g/mol. The standard InChI is InChI=1S/C13H20N4/c1-2-3-6-16-7-8-17(11-16)13-5-4-12(9-14)15-10-13/h4-5,7-8,10H,2-3,6,9,11,14H2,1H3. The van der Waals surface area contributed by atoms with Crippen molar-refractivity contribution < 1.29 is 0 Å². The van der Waals surface area contributed by atoms with E-state index in [-0.39, 0.29) is 0 Å². The number of pyridine rings is 1. The van der Waals surface area contributed by atoms with Crippen molar-refractivity contribution in [1.82, 2.24) is 9.88 Å². The van der Waals surface area contributed by atoms with Gasteiger partial charge in [0, 0.05) is 25.5 Å². The van der Waals surface area contributed by atoms with Gasteiger partial charge in [0.1, 0.15) is 0 Å². The molecule has 0 radical (unpaired) electrons. The Morgan fingerprint density at radius 3 is 2.88 bits per heavy atom. The molecule has 0 bridgehead atoms. The number of unbranched alkanes of at least 4 members (excludes halogenated alkanes) is 1. The number of nitrogens with two attached hydrogens (primary N) is 1. The van der Waals surface area contributed by atoms with Gasteiger partial charge in [0.2, 0.25) is 0 Å². The van der Waals surface area contributed by atoms with Crippen molar-refractivity contribution >= 4 is 5.69 Å². The zero-order valence-electron chi connectivity index (χ0n) is 10.3. The first-order valence-electron chi connectivity index (χ1n) is 6.17. The monoisotopic (exact) mass is 232 g/mol. The Morgan fingerprint density at radius 2 is 2.24 bits per heavy atom. The van der Waals surface area contributed by atoms with Crippen LogP contribution in [0.2, 0.25) is 0 Å². The van der Waals surface area contributed by atoms with Gasteiger partial charge in [-0.25, -0.2) is 0 Å². The molecule has 0 fully saturated rings. The zero-order chi connectivity index (χ0) is 12.1. The molecule has 1 aromatic rings. The predicted molar refractivity (Wildman–Crippen MR) is 70.2 cm³/mol. The van der Waals surface area contributed by atoms with Gasteiger partial charge in [0.15, 0.2) is 0 Å². The topological polar surface area (TPSA) is 45.4 Å². The molecule has 1 aliphatic rings. The highest BCUT2D eigenvalue weighted by Crippen LogP contribution is 2.18. The van der Waals surface area contributed by atoms with Crippen LogP contribution < -0.4 is 10.6 Å². The molecule has 0 unspecified atom stereocenters. The summed E-state index contributed by atoms with van der Waals surface area (Å²) in [7, 11) is 0. The van der Waals surface area contributed by atoms with E-state index in [0.717, 1.165) is 24.6 Å². The van der Waals surface area contributed by atoms with Gasteiger partial charge in [0.25, 0.3) is 0 Å². The molecule has 1 aromatic heterocycles. The summed E-state index contributed by atoms with van der Waals surface area (Å²) in [6, 6.07) is 4.06. The Hall–Kier alpha value is -1.55. The molecule has 17 heavy (non-hydrogen) atoms. The summed E-state index contributed by atoms with van der Waals surface area (Å²) in [5.74, 6) is 0. The maximum absolute atomic E-state index is 5.53. The van der Waals surface area contributed by atoms with Crippen molar-refractivity contribution in [3.8, 4) is 0 Å². The minimum atomic E-state index is 0.499. The van der Waals surface area contributed by atoms with E-state index in [0.29, 0.717) is 6.54 Å². The first kappa shape index (κ1) is 11.9. The summed E-state index contributed by atoms with van der Waals surface area (Å²) in [5, 5.41) is 0. The van der Waals surface area contributed by atoms with Gasteiger partial charge in [-0.05, 0) is 18.6 Å². The van der Waals surface area contributed by atoms with Crippen LogP contribution in [0.1, 0.15) is 25.5 Å². The Balaban J connectivity index is 1.93. The van der Waals surface area contributed by atoms with E-state index in [1.807, 2.05) is 12.3 Å². The van der Waals surface area contributed by atoms with Crippen molar-refractivity contribution in [1.29, 1.82) is 0 Å². The van der Waals surface area contributed by atoms with Crippen molar-refractivity contribution in [3.63, 3.8) is 0 Å². The lowest BCUT2D eigenvalue weighted by molar-refractivity contribution is 0.396. The molecule has 0 saturated carbocycles. The lowest BCUT2D eigenvalue weighted by Gasteiger charge is -2.21. The quantitative estimate of drug-likeness (QED) is 0.842. The molecular weight excluding hydrogens is 212 g/mol. The summed E-state index contributed by atoms with van der Waals surface area (Å²) in [4.78, 5) is 8.83. The molecule has 4 nitrogen and oxygen atoms in total. The Bertz CT molecular complexity index is 372. The SMILES string of the molecule is CCCCN1C=CN(c2ccc(CN)nc2)C1. The molecule has 0 aliphatic carbocycles. The van der Waals surface area contributed by atoms with Gasteiger partial charge >= 0.3 is 0 Å². The summed E-state index contributed by atoms with van der Waals surface area (Å²) >= 11 is 0. The number of rotatable bonds is 5. The van der Waals surface area contributed by atoms with E-state index in [1.54, 1.807) is 0 Å². The van der Waals surface area contributed by atoms with Crippen molar-refractivity contribution in [2.24, 2.45) is 5.73 Å². The highest BCUT2D eigenvalue weighted by molar-refractivity contribution is 5.48. The van der Waals surface area contributed by atoms with Gasteiger partial charge in [0.05, 0.1) is 24.2 Å². The Labute approximate surface area is 103 Å². The van der Waals surface area contributed by atoms with Crippen molar-refractivity contribution in [2.75, 3.05) is 18.1 Å². The first-order valence-corrected chi connectivity index (χ1v) is 6.17. The molecule has 4 heteroatoms. The minimum absolute atomic E-state index is 0.499. The summed E-state index contributed by atoms with van der Waals surface area (Å²) in [6.45, 7) is 4.76. The summed E-state index contributed by atoms with van der Waals surface area (Å²) in [5.41, 5.74) is 7.58.